The molecule has 17 heavy (non-hydrogen) atoms. The van der Waals surface area contributed by atoms with Gasteiger partial charge in [-0.05, 0) is 12.5 Å². The maximum absolute atomic E-state index is 10.4. The second-order valence-electron chi connectivity index (χ2n) is 2.35. The molecule has 0 atom stereocenters. The van der Waals surface area contributed by atoms with Gasteiger partial charge in [0.25, 0.3) is 0 Å². The molecule has 0 aliphatic carbocycles. The number of rotatable bonds is 1. The zero-order valence-electron chi connectivity index (χ0n) is 8.61. The Bertz CT molecular complexity index is 386. The van der Waals surface area contributed by atoms with E-state index in [0.717, 1.165) is 5.56 Å². The van der Waals surface area contributed by atoms with Gasteiger partial charge in [0.15, 0.2) is 4.98 Å². The van der Waals surface area contributed by atoms with Gasteiger partial charge in [-0.25, -0.2) is 0 Å². The number of nitrogens with zero attached hydrogens (tertiary/aromatic N) is 3. The molecule has 0 amide bonds. The molecule has 0 fully saturated rings. The van der Waals surface area contributed by atoms with Crippen molar-refractivity contribution in [2.24, 2.45) is 0 Å². The van der Waals surface area contributed by atoms with Crippen molar-refractivity contribution >= 4 is 11.4 Å². The van der Waals surface area contributed by atoms with E-state index < -0.39 is 4.92 Å². The minimum Gasteiger partial charge on any atom is -1.00 e. The van der Waals surface area contributed by atoms with Crippen LogP contribution in [0.15, 0.2) is 18.2 Å². The smallest absolute Gasteiger partial charge is 1.00 e. The number of hydrogen-bond donors (Lipinski definition) is 0. The standard InChI is InChI=1S/C7H6N3O2.4ClH.Zn/c1-5-2-3-6(9-8)7(4-5)10(11)12;;;;;/h2-4H,1H3;4*1H;/q+1;;;;;+2/p-4. The minimum atomic E-state index is -0.581. The molecule has 0 aliphatic heterocycles. The molecule has 5 nitrogen and oxygen atoms in total. The van der Waals surface area contributed by atoms with Gasteiger partial charge in [0.1, 0.15) is 0 Å². The molecular weight excluding hydrogens is 365 g/mol. The first-order valence-corrected chi connectivity index (χ1v) is 3.25. The zero-order valence-corrected chi connectivity index (χ0v) is 14.6. The second kappa shape index (κ2) is 13.9. The Balaban J connectivity index is -0.0000000960. The number of halogens is 4. The van der Waals surface area contributed by atoms with E-state index in [-0.39, 0.29) is 80.5 Å². The Morgan fingerprint density at radius 3 is 2.06 bits per heavy atom. The maximum atomic E-state index is 10.4. The largest absolute Gasteiger partial charge is 2.00 e. The Labute approximate surface area is 136 Å². The first kappa shape index (κ1) is 30.1. The van der Waals surface area contributed by atoms with E-state index in [2.05, 4.69) is 4.98 Å². The average molecular weight is 371 g/mol. The fourth-order valence-corrected chi connectivity index (χ4v) is 0.864. The summed E-state index contributed by atoms with van der Waals surface area (Å²) in [6.45, 7) is 1.73. The van der Waals surface area contributed by atoms with Crippen LogP contribution in [-0.4, -0.2) is 4.92 Å². The van der Waals surface area contributed by atoms with E-state index in [9.17, 15) is 10.1 Å². The summed E-state index contributed by atoms with van der Waals surface area (Å²) in [4.78, 5) is 12.6. The van der Waals surface area contributed by atoms with Crippen molar-refractivity contribution in [2.75, 3.05) is 0 Å². The van der Waals surface area contributed by atoms with Crippen LogP contribution in [0.5, 0.6) is 0 Å². The molecule has 1 rings (SSSR count). The first-order valence-electron chi connectivity index (χ1n) is 3.25. The van der Waals surface area contributed by atoms with Gasteiger partial charge in [0.2, 0.25) is 5.39 Å². The second-order valence-corrected chi connectivity index (χ2v) is 2.35. The van der Waals surface area contributed by atoms with Crippen molar-refractivity contribution < 1.29 is 74.0 Å². The molecule has 0 aromatic heterocycles. The summed E-state index contributed by atoms with van der Waals surface area (Å²) in [5.41, 5.74) is 0.553. The number of benzene rings is 1. The first-order chi connectivity index (χ1) is 5.65. The van der Waals surface area contributed by atoms with Gasteiger partial charge in [-0.2, -0.15) is 0 Å². The number of diazo groups is 1. The number of hydrogen-bond acceptors (Lipinski definition) is 3. The van der Waals surface area contributed by atoms with E-state index in [0.29, 0.717) is 0 Å². The van der Waals surface area contributed by atoms with Crippen LogP contribution in [0.1, 0.15) is 5.56 Å². The van der Waals surface area contributed by atoms with Crippen LogP contribution >= 0.6 is 0 Å². The van der Waals surface area contributed by atoms with Gasteiger partial charge in [-0.3, -0.25) is 10.1 Å². The van der Waals surface area contributed by atoms with Crippen molar-refractivity contribution in [3.8, 4) is 0 Å². The number of aryl methyl sites for hydroxylation is 1. The summed E-state index contributed by atoms with van der Waals surface area (Å²) in [6.07, 6.45) is 0. The van der Waals surface area contributed by atoms with Crippen LogP contribution in [0.2, 0.25) is 0 Å². The molecule has 0 unspecified atom stereocenters. The molecule has 0 saturated heterocycles. The quantitative estimate of drug-likeness (QED) is 0.213. The molecule has 0 aliphatic rings. The molecule has 0 N–H and O–H groups in total. The number of nitro groups is 1. The van der Waals surface area contributed by atoms with Gasteiger partial charge in [-0.15, -0.1) is 0 Å². The Kier molecular flexibility index (Phi) is 24.6. The summed E-state index contributed by atoms with van der Waals surface area (Å²) in [7, 11) is 0. The molecule has 10 heteroatoms. The Hall–Kier alpha value is -0.177. The van der Waals surface area contributed by atoms with Crippen LogP contribution < -0.4 is 49.6 Å². The SMILES string of the molecule is Cc1ccc([N+]#N)c([N+](=O)[O-])c1.[Cl-].[Cl-].[Cl-].[Cl-].[Zn+2]. The topological polar surface area (TPSA) is 71.3 Å². The third kappa shape index (κ3) is 8.53. The predicted molar refractivity (Wildman–Crippen MR) is 42.6 cm³/mol. The van der Waals surface area contributed by atoms with Crippen molar-refractivity contribution in [3.05, 3.63) is 38.9 Å². The molecular formula is C7H6Cl4N3O2Zn-. The van der Waals surface area contributed by atoms with Crippen molar-refractivity contribution in [3.63, 3.8) is 0 Å². The van der Waals surface area contributed by atoms with Gasteiger partial charge < -0.3 is 49.6 Å². The van der Waals surface area contributed by atoms with Crippen molar-refractivity contribution in [1.29, 1.82) is 5.39 Å². The molecule has 0 saturated carbocycles. The molecule has 92 valence electrons. The summed E-state index contributed by atoms with van der Waals surface area (Å²) in [6, 6.07) is 4.39. The summed E-state index contributed by atoms with van der Waals surface area (Å²) < 4.78 is 0. The third-order valence-corrected chi connectivity index (χ3v) is 1.44. The molecule has 0 bridgehead atoms. The van der Waals surface area contributed by atoms with Gasteiger partial charge in [0, 0.05) is 12.1 Å². The molecule has 1 aromatic rings. The third-order valence-electron chi connectivity index (χ3n) is 1.44. The summed E-state index contributed by atoms with van der Waals surface area (Å²) >= 11 is 0. The maximum Gasteiger partial charge on any atom is 2.00 e. The van der Waals surface area contributed by atoms with Crippen molar-refractivity contribution in [2.45, 2.75) is 6.92 Å². The van der Waals surface area contributed by atoms with Crippen LogP contribution in [-0.2, 0) is 19.5 Å². The van der Waals surface area contributed by atoms with Crippen LogP contribution in [0.3, 0.4) is 0 Å². The summed E-state index contributed by atoms with van der Waals surface area (Å²) in [5.74, 6) is 0. The van der Waals surface area contributed by atoms with E-state index in [1.54, 1.807) is 13.0 Å². The molecule has 0 radical (unpaired) electrons. The van der Waals surface area contributed by atoms with Crippen LogP contribution in [0.4, 0.5) is 11.4 Å². The van der Waals surface area contributed by atoms with Gasteiger partial charge in [-0.1, -0.05) is 6.07 Å². The zero-order chi connectivity index (χ0) is 9.14. The number of nitro benzene ring substituents is 1. The van der Waals surface area contributed by atoms with E-state index in [4.69, 9.17) is 5.39 Å². The Morgan fingerprint density at radius 2 is 1.71 bits per heavy atom. The van der Waals surface area contributed by atoms with E-state index in [1.165, 1.54) is 12.1 Å². The van der Waals surface area contributed by atoms with Crippen LogP contribution in [0.25, 0.3) is 4.98 Å². The Morgan fingerprint density at radius 1 is 1.24 bits per heavy atom. The summed E-state index contributed by atoms with van der Waals surface area (Å²) in [5, 5.41) is 18.7. The fraction of sp³-hybridized carbons (Fsp3) is 0.143. The fourth-order valence-electron chi connectivity index (χ4n) is 0.864. The van der Waals surface area contributed by atoms with E-state index >= 15 is 0 Å². The average Bonchev–Trinajstić information content (AvgIpc) is 2.04. The predicted octanol–water partition coefficient (Wildman–Crippen LogP) is -9.60. The molecule has 0 heterocycles. The van der Waals surface area contributed by atoms with Crippen molar-refractivity contribution in [1.82, 2.24) is 0 Å². The monoisotopic (exact) mass is 368 g/mol. The minimum absolute atomic E-state index is 0. The van der Waals surface area contributed by atoms with Crippen LogP contribution in [0, 0.1) is 22.4 Å². The van der Waals surface area contributed by atoms with Gasteiger partial charge in [0.05, 0.1) is 4.92 Å². The van der Waals surface area contributed by atoms with E-state index in [1.807, 2.05) is 0 Å². The molecule has 0 spiro atoms. The normalized spacial score (nSPS) is 6.35. The van der Waals surface area contributed by atoms with Gasteiger partial charge >= 0.3 is 30.9 Å². The molecule has 1 aromatic carbocycles.